The highest BCUT2D eigenvalue weighted by molar-refractivity contribution is 8.00. The topological polar surface area (TPSA) is 46.6 Å². The van der Waals surface area contributed by atoms with E-state index in [-0.39, 0.29) is 24.3 Å². The first-order chi connectivity index (χ1) is 18.5. The maximum Gasteiger partial charge on any atom is 0.234 e. The molecule has 1 amide bonds. The molecule has 7 heteroatoms. The number of aryl methyl sites for hydroxylation is 1. The molecular formula is C31H27Cl2NO3S. The van der Waals surface area contributed by atoms with Crippen molar-refractivity contribution in [3.8, 4) is 5.75 Å². The molecule has 4 nitrogen and oxygen atoms in total. The Balaban J connectivity index is 1.65. The number of carbonyl (C=O) groups is 2. The number of thioether (sulfide) groups is 1. The molecule has 0 saturated carbocycles. The second kappa shape index (κ2) is 13.5. The number of ether oxygens (including phenoxy) is 1. The molecule has 0 aliphatic rings. The molecule has 0 aliphatic carbocycles. The summed E-state index contributed by atoms with van der Waals surface area (Å²) in [7, 11) is 0. The van der Waals surface area contributed by atoms with Gasteiger partial charge in [0.2, 0.25) is 5.91 Å². The van der Waals surface area contributed by atoms with Crippen molar-refractivity contribution >= 4 is 47.2 Å². The number of benzene rings is 4. The summed E-state index contributed by atoms with van der Waals surface area (Å²) in [5, 5.41) is 1.06. The summed E-state index contributed by atoms with van der Waals surface area (Å²) in [5.74, 6) is 0.854. The van der Waals surface area contributed by atoms with Crippen LogP contribution in [-0.4, -0.2) is 29.5 Å². The van der Waals surface area contributed by atoms with Gasteiger partial charge in [0, 0.05) is 21.5 Å². The van der Waals surface area contributed by atoms with Gasteiger partial charge in [-0.1, -0.05) is 89.9 Å². The van der Waals surface area contributed by atoms with Gasteiger partial charge >= 0.3 is 0 Å². The number of hydrogen-bond acceptors (Lipinski definition) is 4. The fraction of sp³-hybridized carbons (Fsp3) is 0.161. The van der Waals surface area contributed by atoms with Crippen molar-refractivity contribution in [3.05, 3.63) is 129 Å². The Labute approximate surface area is 237 Å². The van der Waals surface area contributed by atoms with E-state index < -0.39 is 0 Å². The van der Waals surface area contributed by atoms with Crippen LogP contribution < -0.4 is 4.74 Å². The van der Waals surface area contributed by atoms with Gasteiger partial charge in [-0.3, -0.25) is 9.59 Å². The van der Waals surface area contributed by atoms with Crippen molar-refractivity contribution in [2.75, 3.05) is 12.4 Å². The molecule has 0 aliphatic heterocycles. The third kappa shape index (κ3) is 7.19. The van der Waals surface area contributed by atoms with Gasteiger partial charge in [-0.2, -0.15) is 0 Å². The van der Waals surface area contributed by atoms with Crippen molar-refractivity contribution in [1.29, 1.82) is 0 Å². The zero-order valence-electron chi connectivity index (χ0n) is 20.8. The number of aldehydes is 1. The Bertz CT molecular complexity index is 1340. The van der Waals surface area contributed by atoms with Crippen LogP contribution >= 0.6 is 35.0 Å². The highest BCUT2D eigenvalue weighted by Gasteiger charge is 2.27. The first kappa shape index (κ1) is 27.8. The monoisotopic (exact) mass is 563 g/mol. The second-order valence-electron chi connectivity index (χ2n) is 8.67. The molecule has 0 radical (unpaired) electrons. The molecule has 38 heavy (non-hydrogen) atoms. The fourth-order valence-corrected chi connectivity index (χ4v) is 5.55. The maximum absolute atomic E-state index is 14.0. The molecule has 0 saturated heterocycles. The van der Waals surface area contributed by atoms with Crippen LogP contribution in [0.25, 0.3) is 0 Å². The molecule has 4 rings (SSSR count). The Morgan fingerprint density at radius 1 is 0.921 bits per heavy atom. The van der Waals surface area contributed by atoms with E-state index in [0.29, 0.717) is 22.3 Å². The van der Waals surface area contributed by atoms with Crippen LogP contribution in [0.4, 0.5) is 0 Å². The minimum Gasteiger partial charge on any atom is -0.486 e. The van der Waals surface area contributed by atoms with E-state index in [2.05, 4.69) is 0 Å². The van der Waals surface area contributed by atoms with E-state index in [0.717, 1.165) is 33.4 Å². The maximum atomic E-state index is 14.0. The van der Waals surface area contributed by atoms with Crippen molar-refractivity contribution in [2.24, 2.45) is 0 Å². The van der Waals surface area contributed by atoms with Crippen LogP contribution in [0.3, 0.4) is 0 Å². The van der Waals surface area contributed by atoms with E-state index in [4.69, 9.17) is 27.9 Å². The van der Waals surface area contributed by atoms with E-state index in [9.17, 15) is 9.59 Å². The van der Waals surface area contributed by atoms with E-state index in [1.807, 2.05) is 96.8 Å². The minimum absolute atomic E-state index is 0.00833. The largest absolute Gasteiger partial charge is 0.486 e. The fourth-order valence-electron chi connectivity index (χ4n) is 4.21. The standard InChI is InChI=1S/C31H27Cl2NO3S/c1-22-18-27(14-15-29(22)37-17-16-35)38-21-30(36)34(20-25-12-13-26(32)19-28(25)33)31(23-8-4-2-5-9-23)24-10-6-3-7-11-24/h2-16,18-19,31H,17,20-21H2,1H3. The minimum atomic E-state index is -0.307. The van der Waals surface area contributed by atoms with Crippen molar-refractivity contribution < 1.29 is 14.3 Å². The van der Waals surface area contributed by atoms with Gasteiger partial charge in [0.05, 0.1) is 11.8 Å². The second-order valence-corrected chi connectivity index (χ2v) is 10.6. The molecule has 0 atom stereocenters. The highest BCUT2D eigenvalue weighted by Crippen LogP contribution is 2.34. The molecule has 0 fully saturated rings. The normalized spacial score (nSPS) is 10.8. The first-order valence-corrected chi connectivity index (χ1v) is 13.8. The lowest BCUT2D eigenvalue weighted by molar-refractivity contribution is -0.130. The molecule has 0 aromatic heterocycles. The molecule has 0 N–H and O–H groups in total. The number of amides is 1. The quantitative estimate of drug-likeness (QED) is 0.138. The molecule has 0 heterocycles. The van der Waals surface area contributed by atoms with Gasteiger partial charge in [-0.15, -0.1) is 11.8 Å². The van der Waals surface area contributed by atoms with E-state index >= 15 is 0 Å². The van der Waals surface area contributed by atoms with Crippen LogP contribution in [0.5, 0.6) is 5.75 Å². The summed E-state index contributed by atoms with van der Waals surface area (Å²) < 4.78 is 5.45. The summed E-state index contributed by atoms with van der Waals surface area (Å²) >= 11 is 14.2. The zero-order chi connectivity index (χ0) is 26.9. The van der Waals surface area contributed by atoms with Gasteiger partial charge in [-0.25, -0.2) is 0 Å². The van der Waals surface area contributed by atoms with Crippen LogP contribution in [0, 0.1) is 6.92 Å². The van der Waals surface area contributed by atoms with E-state index in [1.165, 1.54) is 11.8 Å². The number of carbonyl (C=O) groups excluding carboxylic acids is 2. The van der Waals surface area contributed by atoms with Gasteiger partial charge in [0.1, 0.15) is 12.4 Å². The molecule has 0 bridgehead atoms. The van der Waals surface area contributed by atoms with Crippen LogP contribution in [0.1, 0.15) is 28.3 Å². The smallest absolute Gasteiger partial charge is 0.234 e. The summed E-state index contributed by atoms with van der Waals surface area (Å²) in [4.78, 5) is 27.4. The van der Waals surface area contributed by atoms with Crippen molar-refractivity contribution in [1.82, 2.24) is 4.90 Å². The Morgan fingerprint density at radius 3 is 2.16 bits per heavy atom. The third-order valence-corrected chi connectivity index (χ3v) is 7.60. The third-order valence-electron chi connectivity index (χ3n) is 6.03. The molecule has 0 unspecified atom stereocenters. The van der Waals surface area contributed by atoms with E-state index in [1.54, 1.807) is 12.1 Å². The molecule has 0 spiro atoms. The summed E-state index contributed by atoms with van der Waals surface area (Å²) in [6.45, 7) is 2.25. The Kier molecular flexibility index (Phi) is 9.88. The van der Waals surface area contributed by atoms with Gasteiger partial charge in [-0.05, 0) is 59.5 Å². The highest BCUT2D eigenvalue weighted by atomic mass is 35.5. The lowest BCUT2D eigenvalue weighted by Crippen LogP contribution is -2.36. The summed E-state index contributed by atoms with van der Waals surface area (Å²) in [5.41, 5.74) is 3.74. The van der Waals surface area contributed by atoms with Crippen molar-refractivity contribution in [3.63, 3.8) is 0 Å². The van der Waals surface area contributed by atoms with Crippen LogP contribution in [-0.2, 0) is 16.1 Å². The van der Waals surface area contributed by atoms with Gasteiger partial charge < -0.3 is 9.64 Å². The number of nitrogens with zero attached hydrogens (tertiary/aromatic N) is 1. The lowest BCUT2D eigenvalue weighted by Gasteiger charge is -2.33. The lowest BCUT2D eigenvalue weighted by atomic mass is 9.96. The first-order valence-electron chi connectivity index (χ1n) is 12.1. The SMILES string of the molecule is Cc1cc(SCC(=O)N(Cc2ccc(Cl)cc2Cl)C(c2ccccc2)c2ccccc2)ccc1OCC=O. The summed E-state index contributed by atoms with van der Waals surface area (Å²) in [6.07, 6.45) is 0.720. The van der Waals surface area contributed by atoms with Crippen LogP contribution in [0.15, 0.2) is 102 Å². The number of hydrogen-bond donors (Lipinski definition) is 0. The molecule has 194 valence electrons. The van der Waals surface area contributed by atoms with Crippen molar-refractivity contribution in [2.45, 2.75) is 24.4 Å². The molecule has 4 aromatic carbocycles. The Hall–Kier alpha value is -3.25. The van der Waals surface area contributed by atoms with Gasteiger partial charge in [0.25, 0.3) is 0 Å². The average Bonchev–Trinajstić information content (AvgIpc) is 2.93. The molecular weight excluding hydrogens is 537 g/mol. The number of halogens is 2. The average molecular weight is 565 g/mol. The zero-order valence-corrected chi connectivity index (χ0v) is 23.2. The number of rotatable bonds is 11. The predicted molar refractivity (Wildman–Crippen MR) is 155 cm³/mol. The predicted octanol–water partition coefficient (Wildman–Crippen LogP) is 7.79. The molecule has 4 aromatic rings. The van der Waals surface area contributed by atoms with Gasteiger partial charge in [0.15, 0.2) is 6.29 Å². The van der Waals surface area contributed by atoms with Crippen LogP contribution in [0.2, 0.25) is 10.0 Å². The Morgan fingerprint density at radius 2 is 1.58 bits per heavy atom. The summed E-state index contributed by atoms with van der Waals surface area (Å²) in [6, 6.07) is 30.7.